The zero-order valence-corrected chi connectivity index (χ0v) is 17.0. The van der Waals surface area contributed by atoms with E-state index in [0.717, 1.165) is 33.9 Å². The molecule has 0 fully saturated rings. The molecule has 0 aliphatic carbocycles. The lowest BCUT2D eigenvalue weighted by Gasteiger charge is -2.10. The Morgan fingerprint density at radius 2 is 1.45 bits per heavy atom. The summed E-state index contributed by atoms with van der Waals surface area (Å²) in [7, 11) is 0. The van der Waals surface area contributed by atoms with E-state index in [1.165, 1.54) is 0 Å². The molecule has 148 valence electrons. The van der Waals surface area contributed by atoms with Crippen molar-refractivity contribution in [3.63, 3.8) is 0 Å². The number of pyridine rings is 1. The monoisotopic (exact) mass is 388 g/mol. The van der Waals surface area contributed by atoms with Crippen LogP contribution in [-0.2, 0) is 0 Å². The molecule has 0 saturated carbocycles. The minimum atomic E-state index is 0.0886. The second-order valence-electron chi connectivity index (χ2n) is 7.37. The van der Waals surface area contributed by atoms with E-state index in [0.29, 0.717) is 5.88 Å². The van der Waals surface area contributed by atoms with Gasteiger partial charge in [-0.25, -0.2) is 14.5 Å². The molecular formula is C23H24N4O2. The van der Waals surface area contributed by atoms with Crippen molar-refractivity contribution in [2.75, 3.05) is 0 Å². The Hall–Kier alpha value is -3.41. The second kappa shape index (κ2) is 7.91. The molecule has 0 aliphatic heterocycles. The molecule has 0 unspecified atom stereocenters. The molecule has 0 saturated heterocycles. The van der Waals surface area contributed by atoms with Gasteiger partial charge in [0, 0.05) is 23.4 Å². The number of imidazole rings is 1. The van der Waals surface area contributed by atoms with Crippen LogP contribution in [0.25, 0.3) is 28.2 Å². The van der Waals surface area contributed by atoms with Gasteiger partial charge < -0.3 is 9.47 Å². The van der Waals surface area contributed by atoms with E-state index in [1.54, 1.807) is 6.20 Å². The molecule has 0 aliphatic rings. The van der Waals surface area contributed by atoms with Gasteiger partial charge in [-0.2, -0.15) is 5.10 Å². The number of aromatic nitrogens is 4. The maximum absolute atomic E-state index is 5.72. The molecule has 3 heterocycles. The minimum absolute atomic E-state index is 0.0886. The van der Waals surface area contributed by atoms with Crippen molar-refractivity contribution in [2.24, 2.45) is 0 Å². The summed E-state index contributed by atoms with van der Waals surface area (Å²) < 4.78 is 13.2. The number of ether oxygens (including phenoxy) is 2. The summed E-state index contributed by atoms with van der Waals surface area (Å²) >= 11 is 0. The van der Waals surface area contributed by atoms with E-state index in [4.69, 9.17) is 14.6 Å². The van der Waals surface area contributed by atoms with Crippen molar-refractivity contribution in [3.8, 4) is 34.1 Å². The first-order chi connectivity index (χ1) is 14.0. The van der Waals surface area contributed by atoms with Crippen molar-refractivity contribution >= 4 is 5.65 Å². The first-order valence-corrected chi connectivity index (χ1v) is 9.74. The lowest BCUT2D eigenvalue weighted by atomic mass is 10.1. The Labute approximate surface area is 170 Å². The van der Waals surface area contributed by atoms with Gasteiger partial charge in [0.25, 0.3) is 0 Å². The highest BCUT2D eigenvalue weighted by molar-refractivity contribution is 5.66. The van der Waals surface area contributed by atoms with Crippen LogP contribution in [0.15, 0.2) is 60.9 Å². The molecule has 0 N–H and O–H groups in total. The van der Waals surface area contributed by atoms with Crippen LogP contribution >= 0.6 is 0 Å². The average Bonchev–Trinajstić information content (AvgIpc) is 3.11. The van der Waals surface area contributed by atoms with Crippen LogP contribution < -0.4 is 9.47 Å². The Bertz CT molecular complexity index is 1100. The van der Waals surface area contributed by atoms with Crippen molar-refractivity contribution in [1.29, 1.82) is 0 Å². The van der Waals surface area contributed by atoms with Gasteiger partial charge in [-0.05, 0) is 70.2 Å². The molecule has 0 radical (unpaired) electrons. The fourth-order valence-electron chi connectivity index (χ4n) is 3.04. The molecule has 4 aromatic rings. The van der Waals surface area contributed by atoms with Gasteiger partial charge in [0.15, 0.2) is 5.65 Å². The van der Waals surface area contributed by atoms with Crippen molar-refractivity contribution in [3.05, 3.63) is 60.9 Å². The Balaban J connectivity index is 1.66. The predicted octanol–water partition coefficient (Wildman–Crippen LogP) is 5.03. The van der Waals surface area contributed by atoms with Crippen LogP contribution in [-0.4, -0.2) is 31.8 Å². The summed E-state index contributed by atoms with van der Waals surface area (Å²) in [5.41, 5.74) is 4.47. The predicted molar refractivity (Wildman–Crippen MR) is 113 cm³/mol. The van der Waals surface area contributed by atoms with Crippen LogP contribution in [0.1, 0.15) is 27.7 Å². The summed E-state index contributed by atoms with van der Waals surface area (Å²) in [5, 5.41) is 4.80. The first kappa shape index (κ1) is 18.9. The second-order valence-corrected chi connectivity index (χ2v) is 7.37. The van der Waals surface area contributed by atoms with E-state index in [2.05, 4.69) is 9.97 Å². The van der Waals surface area contributed by atoms with E-state index in [-0.39, 0.29) is 12.2 Å². The number of fused-ring (bicyclic) bond motifs is 1. The third kappa shape index (κ3) is 4.21. The lowest BCUT2D eigenvalue weighted by Crippen LogP contribution is -2.06. The largest absolute Gasteiger partial charge is 0.491 e. The Morgan fingerprint density at radius 1 is 0.724 bits per heavy atom. The van der Waals surface area contributed by atoms with E-state index < -0.39 is 0 Å². The maximum atomic E-state index is 5.72. The highest BCUT2D eigenvalue weighted by Crippen LogP contribution is 2.25. The Kier molecular flexibility index (Phi) is 5.16. The third-order valence-electron chi connectivity index (χ3n) is 4.27. The van der Waals surface area contributed by atoms with Gasteiger partial charge in [-0.15, -0.1) is 0 Å². The minimum Gasteiger partial charge on any atom is -0.491 e. The molecule has 4 rings (SSSR count). The summed E-state index contributed by atoms with van der Waals surface area (Å²) in [6.07, 6.45) is 3.83. The van der Waals surface area contributed by atoms with Gasteiger partial charge in [0.05, 0.1) is 29.8 Å². The molecule has 0 atom stereocenters. The molecule has 0 amide bonds. The molecule has 1 aromatic carbocycles. The first-order valence-electron chi connectivity index (χ1n) is 9.74. The van der Waals surface area contributed by atoms with Gasteiger partial charge in [-0.1, -0.05) is 0 Å². The topological polar surface area (TPSA) is 61.5 Å². The smallest absolute Gasteiger partial charge is 0.213 e. The molecule has 6 nitrogen and oxygen atoms in total. The summed E-state index contributed by atoms with van der Waals surface area (Å²) in [4.78, 5) is 8.86. The number of benzene rings is 1. The van der Waals surface area contributed by atoms with E-state index in [9.17, 15) is 0 Å². The van der Waals surface area contributed by atoms with Gasteiger partial charge in [0.2, 0.25) is 5.88 Å². The lowest BCUT2D eigenvalue weighted by molar-refractivity contribution is 0.232. The van der Waals surface area contributed by atoms with Crippen molar-refractivity contribution in [2.45, 2.75) is 39.9 Å². The fourth-order valence-corrected chi connectivity index (χ4v) is 3.04. The van der Waals surface area contributed by atoms with Crippen LogP contribution in [0.5, 0.6) is 11.6 Å². The van der Waals surface area contributed by atoms with Crippen LogP contribution in [0.3, 0.4) is 0 Å². The SMILES string of the molecule is CC(C)Oc1ccc(-c2ccc3ncc(-c4ccc(OC(C)C)nc4)n3n2)cc1. The zero-order chi connectivity index (χ0) is 20.4. The summed E-state index contributed by atoms with van der Waals surface area (Å²) in [5.74, 6) is 1.46. The number of hydrogen-bond donors (Lipinski definition) is 0. The highest BCUT2D eigenvalue weighted by atomic mass is 16.5. The van der Waals surface area contributed by atoms with Crippen LogP contribution in [0.2, 0.25) is 0 Å². The number of nitrogens with zero attached hydrogens (tertiary/aromatic N) is 4. The molecule has 3 aromatic heterocycles. The van der Waals surface area contributed by atoms with Crippen LogP contribution in [0.4, 0.5) is 0 Å². The van der Waals surface area contributed by atoms with Crippen molar-refractivity contribution in [1.82, 2.24) is 19.6 Å². The average molecular weight is 388 g/mol. The summed E-state index contributed by atoms with van der Waals surface area (Å²) in [6.45, 7) is 7.99. The zero-order valence-electron chi connectivity index (χ0n) is 17.0. The number of rotatable bonds is 6. The summed E-state index contributed by atoms with van der Waals surface area (Å²) in [6, 6.07) is 15.7. The normalized spacial score (nSPS) is 11.4. The molecule has 6 heteroatoms. The maximum Gasteiger partial charge on any atom is 0.213 e. The molecule has 0 bridgehead atoms. The molecule has 29 heavy (non-hydrogen) atoms. The van der Waals surface area contributed by atoms with Gasteiger partial charge >= 0.3 is 0 Å². The third-order valence-corrected chi connectivity index (χ3v) is 4.27. The number of hydrogen-bond acceptors (Lipinski definition) is 5. The van der Waals surface area contributed by atoms with E-state index in [1.807, 2.05) is 86.9 Å². The van der Waals surface area contributed by atoms with Gasteiger partial charge in [-0.3, -0.25) is 0 Å². The standard InChI is InChI=1S/C23H24N4O2/c1-15(2)28-19-8-5-17(6-9-19)20-10-11-22-24-14-21(27(22)26-20)18-7-12-23(25-13-18)29-16(3)4/h5-16H,1-4H3. The molecule has 0 spiro atoms. The Morgan fingerprint density at radius 3 is 2.10 bits per heavy atom. The van der Waals surface area contributed by atoms with Crippen LogP contribution in [0, 0.1) is 0 Å². The fraction of sp³-hybridized carbons (Fsp3) is 0.261. The van der Waals surface area contributed by atoms with Gasteiger partial charge in [0.1, 0.15) is 5.75 Å². The highest BCUT2D eigenvalue weighted by Gasteiger charge is 2.10. The molecular weight excluding hydrogens is 364 g/mol. The van der Waals surface area contributed by atoms with Crippen molar-refractivity contribution < 1.29 is 9.47 Å². The quantitative estimate of drug-likeness (QED) is 0.463. The van der Waals surface area contributed by atoms with E-state index >= 15 is 0 Å².